The summed E-state index contributed by atoms with van der Waals surface area (Å²) in [6.45, 7) is 0.469. The van der Waals surface area contributed by atoms with Crippen LogP contribution in [0.5, 0.6) is 5.75 Å². The summed E-state index contributed by atoms with van der Waals surface area (Å²) in [6, 6.07) is 52.3. The van der Waals surface area contributed by atoms with Gasteiger partial charge in [0.05, 0.1) is 5.52 Å². The third-order valence-corrected chi connectivity index (χ3v) is 9.57. The lowest BCUT2D eigenvalue weighted by Crippen LogP contribution is -2.01. The fourth-order valence-corrected chi connectivity index (χ4v) is 6.97. The monoisotopic (exact) mass is 682 g/mol. The topological polar surface area (TPSA) is 60.8 Å². The second-order valence-electron chi connectivity index (χ2n) is 12.9. The van der Waals surface area contributed by atoms with Crippen LogP contribution in [0.1, 0.15) is 5.56 Å². The fraction of sp³-hybridized carbons (Fsp3) is 0.0417. The molecule has 0 bridgehead atoms. The van der Waals surface area contributed by atoms with Crippen LogP contribution in [-0.4, -0.2) is 26.5 Å². The van der Waals surface area contributed by atoms with Gasteiger partial charge in [-0.1, -0.05) is 140 Å². The molecule has 0 aliphatic carbocycles. The molecule has 0 fully saturated rings. The first-order chi connectivity index (χ1) is 26.3. The zero-order valence-electron chi connectivity index (χ0n) is 28.9. The number of pyridine rings is 1. The van der Waals surface area contributed by atoms with Crippen LogP contribution in [0.15, 0.2) is 182 Å². The van der Waals surface area contributed by atoms with E-state index in [1.54, 1.807) is 0 Å². The largest absolute Gasteiger partial charge is 0.489 e. The summed E-state index contributed by atoms with van der Waals surface area (Å²) >= 11 is 0. The summed E-state index contributed by atoms with van der Waals surface area (Å²) in [5.74, 6) is 2.68. The number of hydrogen-bond donors (Lipinski definition) is 0. The maximum absolute atomic E-state index is 6.37. The number of benzene rings is 6. The molecule has 0 radical (unpaired) electrons. The van der Waals surface area contributed by atoms with E-state index in [0.29, 0.717) is 24.1 Å². The van der Waals surface area contributed by atoms with Gasteiger partial charge < -0.3 is 4.74 Å². The standard InChI is InChI=1S/C48H34N4O/c1-2-12-30-53-45-24-11-10-20-41(45)39-28-27-37(48-51-46(34-16-6-3-7-17-34)50-47(52-48)35-18-8-4-9-19-35)32-43(39)42-31-36(26-25-33(42)15-5-1)38-21-13-23-44-40(38)22-14-29-49-44/h1-14,16-29,31-32H,15,30H2/b5-1-,12-2-. The van der Waals surface area contributed by atoms with Gasteiger partial charge in [-0.25, -0.2) is 15.0 Å². The number of hydrogen-bond acceptors (Lipinski definition) is 5. The van der Waals surface area contributed by atoms with Crippen molar-refractivity contribution < 1.29 is 4.74 Å². The number of nitrogens with zero attached hydrogens (tertiary/aromatic N) is 4. The summed E-state index contributed by atoms with van der Waals surface area (Å²) in [6.07, 6.45) is 11.0. The second-order valence-corrected chi connectivity index (χ2v) is 12.9. The molecule has 1 aliphatic rings. The van der Waals surface area contributed by atoms with E-state index >= 15 is 0 Å². The van der Waals surface area contributed by atoms with Gasteiger partial charge in [-0.2, -0.15) is 0 Å². The first-order valence-electron chi connectivity index (χ1n) is 17.8. The molecular formula is C48H34N4O. The van der Waals surface area contributed by atoms with E-state index in [1.807, 2.05) is 91.1 Å². The Kier molecular flexibility index (Phi) is 8.64. The molecule has 6 aromatic carbocycles. The van der Waals surface area contributed by atoms with Crippen LogP contribution in [0.4, 0.5) is 0 Å². The van der Waals surface area contributed by atoms with E-state index in [-0.39, 0.29) is 0 Å². The van der Waals surface area contributed by atoms with Crippen LogP contribution >= 0.6 is 0 Å². The Labute approximate surface area is 308 Å². The van der Waals surface area contributed by atoms with E-state index in [2.05, 4.69) is 96.0 Å². The summed E-state index contributed by atoms with van der Waals surface area (Å²) in [5.41, 5.74) is 11.5. The third kappa shape index (κ3) is 6.52. The van der Waals surface area contributed by atoms with Crippen LogP contribution in [0.3, 0.4) is 0 Å². The molecule has 53 heavy (non-hydrogen) atoms. The van der Waals surface area contributed by atoms with Crippen molar-refractivity contribution in [3.63, 3.8) is 0 Å². The van der Waals surface area contributed by atoms with Crippen molar-refractivity contribution in [1.29, 1.82) is 0 Å². The maximum Gasteiger partial charge on any atom is 0.164 e. The molecule has 5 nitrogen and oxygen atoms in total. The number of ether oxygens (including phenoxy) is 1. The highest BCUT2D eigenvalue weighted by Crippen LogP contribution is 2.43. The zero-order valence-corrected chi connectivity index (χ0v) is 28.9. The van der Waals surface area contributed by atoms with Crippen LogP contribution in [0, 0.1) is 0 Å². The minimum atomic E-state index is 0.469. The van der Waals surface area contributed by atoms with Gasteiger partial charge in [0.15, 0.2) is 17.5 Å². The molecule has 3 heterocycles. The van der Waals surface area contributed by atoms with Gasteiger partial charge in [0.25, 0.3) is 0 Å². The van der Waals surface area contributed by atoms with E-state index < -0.39 is 0 Å². The number of allylic oxidation sites excluding steroid dienone is 3. The first kappa shape index (κ1) is 32.0. The van der Waals surface area contributed by atoms with Crippen LogP contribution < -0.4 is 4.74 Å². The van der Waals surface area contributed by atoms with Crippen molar-refractivity contribution in [3.05, 3.63) is 188 Å². The third-order valence-electron chi connectivity index (χ3n) is 9.57. The highest BCUT2D eigenvalue weighted by molar-refractivity contribution is 5.97. The molecule has 0 saturated carbocycles. The predicted octanol–water partition coefficient (Wildman–Crippen LogP) is 11.5. The zero-order chi connectivity index (χ0) is 35.4. The van der Waals surface area contributed by atoms with E-state index in [4.69, 9.17) is 19.7 Å². The molecule has 0 spiro atoms. The smallest absolute Gasteiger partial charge is 0.164 e. The summed E-state index contributed by atoms with van der Waals surface area (Å²) in [5, 5.41) is 1.12. The average Bonchev–Trinajstić information content (AvgIpc) is 3.24. The number of aromatic nitrogens is 4. The molecule has 0 N–H and O–H groups in total. The van der Waals surface area contributed by atoms with Gasteiger partial charge in [0, 0.05) is 33.8 Å². The highest BCUT2D eigenvalue weighted by Gasteiger charge is 2.20. The maximum atomic E-state index is 6.37. The Hall–Kier alpha value is -6.98. The van der Waals surface area contributed by atoms with Gasteiger partial charge in [-0.05, 0) is 76.2 Å². The van der Waals surface area contributed by atoms with Crippen molar-refractivity contribution in [2.75, 3.05) is 6.61 Å². The molecule has 8 aromatic rings. The second kappa shape index (κ2) is 14.3. The number of rotatable bonds is 4. The minimum Gasteiger partial charge on any atom is -0.489 e. The first-order valence-corrected chi connectivity index (χ1v) is 17.8. The summed E-state index contributed by atoms with van der Waals surface area (Å²) in [4.78, 5) is 19.8. The summed E-state index contributed by atoms with van der Waals surface area (Å²) in [7, 11) is 0. The van der Waals surface area contributed by atoms with Gasteiger partial charge in [-0.15, -0.1) is 0 Å². The lowest BCUT2D eigenvalue weighted by molar-refractivity contribution is 0.364. The Morgan fingerprint density at radius 2 is 1.09 bits per heavy atom. The van der Waals surface area contributed by atoms with E-state index in [9.17, 15) is 0 Å². The lowest BCUT2D eigenvalue weighted by atomic mass is 9.86. The molecule has 1 aliphatic heterocycles. The molecule has 5 heteroatoms. The van der Waals surface area contributed by atoms with Crippen molar-refractivity contribution in [1.82, 2.24) is 19.9 Å². The molecule has 9 rings (SSSR count). The van der Waals surface area contributed by atoms with Crippen molar-refractivity contribution in [2.45, 2.75) is 6.42 Å². The van der Waals surface area contributed by atoms with Gasteiger partial charge in [0.2, 0.25) is 0 Å². The Morgan fingerprint density at radius 3 is 1.89 bits per heavy atom. The molecule has 0 unspecified atom stereocenters. The molecule has 252 valence electrons. The molecule has 2 aromatic heterocycles. The number of para-hydroxylation sites is 1. The van der Waals surface area contributed by atoms with Crippen molar-refractivity contribution >= 4 is 10.9 Å². The predicted molar refractivity (Wildman–Crippen MR) is 215 cm³/mol. The highest BCUT2D eigenvalue weighted by atomic mass is 16.5. The molecule has 0 amide bonds. The van der Waals surface area contributed by atoms with E-state index in [1.165, 1.54) is 5.56 Å². The van der Waals surface area contributed by atoms with E-state index in [0.717, 1.165) is 73.1 Å². The molecular weight excluding hydrogens is 649 g/mol. The quantitative estimate of drug-likeness (QED) is 0.185. The van der Waals surface area contributed by atoms with Crippen LogP contribution in [0.2, 0.25) is 0 Å². The average molecular weight is 683 g/mol. The van der Waals surface area contributed by atoms with Crippen molar-refractivity contribution in [2.24, 2.45) is 0 Å². The van der Waals surface area contributed by atoms with Crippen molar-refractivity contribution in [3.8, 4) is 73.3 Å². The lowest BCUT2D eigenvalue weighted by Gasteiger charge is -2.19. The van der Waals surface area contributed by atoms with Crippen LogP contribution in [0.25, 0.3) is 78.4 Å². The minimum absolute atomic E-state index is 0.469. The number of fused-ring (bicyclic) bond motifs is 6. The summed E-state index contributed by atoms with van der Waals surface area (Å²) < 4.78 is 6.37. The van der Waals surface area contributed by atoms with Gasteiger partial charge in [-0.3, -0.25) is 4.98 Å². The fourth-order valence-electron chi connectivity index (χ4n) is 6.97. The Morgan fingerprint density at radius 1 is 0.434 bits per heavy atom. The Bertz CT molecular complexity index is 2590. The molecule has 0 saturated heterocycles. The SMILES string of the molecule is C1=C\COc2ccccc2-c2ccc(-c3nc(-c4ccccc4)nc(-c4ccccc4)n3)cc2-c2cc(-c3cccc4ncccc34)ccc2C\C=C/1. The molecule has 0 atom stereocenters. The Balaban J connectivity index is 1.30. The van der Waals surface area contributed by atoms with Crippen LogP contribution in [-0.2, 0) is 6.42 Å². The van der Waals surface area contributed by atoms with Gasteiger partial charge >= 0.3 is 0 Å². The van der Waals surface area contributed by atoms with Gasteiger partial charge in [0.1, 0.15) is 12.4 Å². The normalized spacial score (nSPS) is 13.6.